The fourth-order valence-corrected chi connectivity index (χ4v) is 7.84. The van der Waals surface area contributed by atoms with Gasteiger partial charge >= 0.3 is 0 Å². The van der Waals surface area contributed by atoms with Crippen molar-refractivity contribution in [3.63, 3.8) is 0 Å². The number of hydrogen-bond donors (Lipinski definition) is 0. The third kappa shape index (κ3) is 4.63. The molecule has 0 amide bonds. The first kappa shape index (κ1) is 26.7. The van der Waals surface area contributed by atoms with Crippen molar-refractivity contribution in [2.75, 3.05) is 4.90 Å². The average molecular weight is 604 g/mol. The van der Waals surface area contributed by atoms with Gasteiger partial charge in [-0.2, -0.15) is 0 Å². The smallest absolute Gasteiger partial charge is 0.0462 e. The SMILES string of the molecule is c1ccc(N(c2ccc(-c3ccc4ccccc4c3)cc2)c2ccc(-c3ccc4ccc5sc6ccccc6c5c4c3)cc2)cc1. The molecule has 8 aromatic carbocycles. The normalized spacial score (nSPS) is 11.5. The highest BCUT2D eigenvalue weighted by Gasteiger charge is 2.14. The van der Waals surface area contributed by atoms with Crippen molar-refractivity contribution >= 4 is 70.1 Å². The van der Waals surface area contributed by atoms with Crippen LogP contribution in [0.5, 0.6) is 0 Å². The van der Waals surface area contributed by atoms with Crippen molar-refractivity contribution < 1.29 is 0 Å². The van der Waals surface area contributed by atoms with Gasteiger partial charge < -0.3 is 4.90 Å². The Morgan fingerprint density at radius 2 is 0.870 bits per heavy atom. The molecule has 0 bridgehead atoms. The van der Waals surface area contributed by atoms with E-state index in [1.807, 2.05) is 11.3 Å². The molecule has 0 N–H and O–H groups in total. The van der Waals surface area contributed by atoms with Crippen LogP contribution in [0.3, 0.4) is 0 Å². The first-order valence-corrected chi connectivity index (χ1v) is 16.5. The van der Waals surface area contributed by atoms with E-state index in [1.54, 1.807) is 0 Å². The fourth-order valence-electron chi connectivity index (χ4n) is 6.72. The predicted octanol–water partition coefficient (Wildman–Crippen LogP) is 13.2. The number of nitrogens with zero attached hydrogens (tertiary/aromatic N) is 1. The van der Waals surface area contributed by atoms with Crippen LogP contribution in [0.1, 0.15) is 0 Å². The predicted molar refractivity (Wildman–Crippen MR) is 200 cm³/mol. The Labute approximate surface area is 272 Å². The van der Waals surface area contributed by atoms with E-state index >= 15 is 0 Å². The van der Waals surface area contributed by atoms with Gasteiger partial charge in [-0.15, -0.1) is 11.3 Å². The van der Waals surface area contributed by atoms with Crippen molar-refractivity contribution in [3.8, 4) is 22.3 Å². The van der Waals surface area contributed by atoms with Crippen molar-refractivity contribution in [2.45, 2.75) is 0 Å². The highest BCUT2D eigenvalue weighted by molar-refractivity contribution is 7.26. The van der Waals surface area contributed by atoms with Gasteiger partial charge in [0, 0.05) is 37.2 Å². The highest BCUT2D eigenvalue weighted by atomic mass is 32.1. The largest absolute Gasteiger partial charge is 0.311 e. The molecule has 1 nitrogen and oxygen atoms in total. The summed E-state index contributed by atoms with van der Waals surface area (Å²) in [6, 6.07) is 63.9. The Hall–Kier alpha value is -5.70. The molecule has 9 aromatic rings. The van der Waals surface area contributed by atoms with E-state index in [0.717, 1.165) is 17.1 Å². The number of benzene rings is 8. The van der Waals surface area contributed by atoms with E-state index < -0.39 is 0 Å². The molecule has 0 spiro atoms. The van der Waals surface area contributed by atoms with E-state index in [1.165, 1.54) is 64.0 Å². The summed E-state index contributed by atoms with van der Waals surface area (Å²) in [5.41, 5.74) is 8.26. The van der Waals surface area contributed by atoms with Gasteiger partial charge in [0.2, 0.25) is 0 Å². The Morgan fingerprint density at radius 1 is 0.326 bits per heavy atom. The molecule has 216 valence electrons. The van der Waals surface area contributed by atoms with Crippen LogP contribution < -0.4 is 4.90 Å². The minimum absolute atomic E-state index is 1.13. The third-order valence-electron chi connectivity index (χ3n) is 9.04. The van der Waals surface area contributed by atoms with Crippen LogP contribution in [0, 0.1) is 0 Å². The van der Waals surface area contributed by atoms with E-state index in [4.69, 9.17) is 0 Å². The Balaban J connectivity index is 1.09. The second-order valence-electron chi connectivity index (χ2n) is 11.8. The van der Waals surface area contributed by atoms with Gasteiger partial charge in [0.05, 0.1) is 0 Å². The molecule has 0 aliphatic rings. The fraction of sp³-hybridized carbons (Fsp3) is 0. The summed E-state index contributed by atoms with van der Waals surface area (Å²) in [7, 11) is 0. The summed E-state index contributed by atoms with van der Waals surface area (Å²) < 4.78 is 2.68. The van der Waals surface area contributed by atoms with E-state index in [0.29, 0.717) is 0 Å². The molecule has 0 aliphatic heterocycles. The second kappa shape index (κ2) is 11.0. The number of hydrogen-bond acceptors (Lipinski definition) is 2. The van der Waals surface area contributed by atoms with E-state index in [-0.39, 0.29) is 0 Å². The molecule has 0 saturated heterocycles. The lowest BCUT2D eigenvalue weighted by Gasteiger charge is -2.26. The minimum Gasteiger partial charge on any atom is -0.311 e. The summed E-state index contributed by atoms with van der Waals surface area (Å²) in [5.74, 6) is 0. The summed E-state index contributed by atoms with van der Waals surface area (Å²) in [4.78, 5) is 2.33. The van der Waals surface area contributed by atoms with Crippen LogP contribution >= 0.6 is 11.3 Å². The van der Waals surface area contributed by atoms with Gasteiger partial charge in [-0.3, -0.25) is 0 Å². The quantitative estimate of drug-likeness (QED) is 0.189. The maximum Gasteiger partial charge on any atom is 0.0462 e. The number of fused-ring (bicyclic) bond motifs is 6. The molecule has 0 aliphatic carbocycles. The van der Waals surface area contributed by atoms with Gasteiger partial charge in [-0.1, -0.05) is 115 Å². The monoisotopic (exact) mass is 603 g/mol. The molecule has 2 heteroatoms. The molecular formula is C44H29NS. The molecule has 1 aromatic heterocycles. The minimum atomic E-state index is 1.13. The Bertz CT molecular complexity index is 2510. The van der Waals surface area contributed by atoms with Gasteiger partial charge in [0.15, 0.2) is 0 Å². The second-order valence-corrected chi connectivity index (χ2v) is 12.9. The third-order valence-corrected chi connectivity index (χ3v) is 10.2. The molecule has 46 heavy (non-hydrogen) atoms. The number of rotatable bonds is 5. The number of para-hydroxylation sites is 1. The lowest BCUT2D eigenvalue weighted by Crippen LogP contribution is -2.09. The van der Waals surface area contributed by atoms with Gasteiger partial charge in [0.25, 0.3) is 0 Å². The van der Waals surface area contributed by atoms with Gasteiger partial charge in [-0.05, 0) is 104 Å². The molecule has 1 heterocycles. The van der Waals surface area contributed by atoms with E-state index in [2.05, 4.69) is 181 Å². The van der Waals surface area contributed by atoms with Crippen molar-refractivity contribution in [1.82, 2.24) is 0 Å². The first-order chi connectivity index (χ1) is 22.8. The van der Waals surface area contributed by atoms with Crippen molar-refractivity contribution in [1.29, 1.82) is 0 Å². The topological polar surface area (TPSA) is 3.24 Å². The summed E-state index contributed by atoms with van der Waals surface area (Å²) in [6.07, 6.45) is 0. The molecular weight excluding hydrogens is 575 g/mol. The van der Waals surface area contributed by atoms with Gasteiger partial charge in [0.1, 0.15) is 0 Å². The van der Waals surface area contributed by atoms with E-state index in [9.17, 15) is 0 Å². The zero-order valence-corrected chi connectivity index (χ0v) is 25.9. The summed E-state index contributed by atoms with van der Waals surface area (Å²) >= 11 is 1.87. The van der Waals surface area contributed by atoms with Gasteiger partial charge in [-0.25, -0.2) is 0 Å². The lowest BCUT2D eigenvalue weighted by atomic mass is 9.98. The first-order valence-electron chi connectivity index (χ1n) is 15.7. The van der Waals surface area contributed by atoms with Crippen LogP contribution in [0.15, 0.2) is 176 Å². The maximum atomic E-state index is 2.37. The van der Waals surface area contributed by atoms with Crippen LogP contribution in [0.25, 0.3) is 64.0 Å². The van der Waals surface area contributed by atoms with Crippen LogP contribution in [-0.4, -0.2) is 0 Å². The zero-order chi connectivity index (χ0) is 30.5. The Kier molecular flexibility index (Phi) is 6.40. The molecule has 0 saturated carbocycles. The van der Waals surface area contributed by atoms with Crippen molar-refractivity contribution in [2.24, 2.45) is 0 Å². The van der Waals surface area contributed by atoms with Crippen LogP contribution in [0.4, 0.5) is 17.1 Å². The Morgan fingerprint density at radius 3 is 1.61 bits per heavy atom. The van der Waals surface area contributed by atoms with Crippen LogP contribution in [-0.2, 0) is 0 Å². The zero-order valence-electron chi connectivity index (χ0n) is 25.1. The molecule has 0 radical (unpaired) electrons. The number of anilines is 3. The summed E-state index contributed by atoms with van der Waals surface area (Å²) in [5, 5.41) is 7.81. The highest BCUT2D eigenvalue weighted by Crippen LogP contribution is 2.41. The standard InChI is InChI=1S/C44H29NS/c1-2-10-37(11-3-1)45(38-23-18-31(19-24-38)35-16-14-30-8-4-5-9-34(30)28-35)39-25-20-32(21-26-39)36-17-15-33-22-27-43-44(41(33)29-36)40-12-6-7-13-42(40)46-43/h1-29H. The van der Waals surface area contributed by atoms with Crippen molar-refractivity contribution in [3.05, 3.63) is 176 Å². The molecule has 0 unspecified atom stereocenters. The average Bonchev–Trinajstić information content (AvgIpc) is 3.52. The summed E-state index contributed by atoms with van der Waals surface area (Å²) in [6.45, 7) is 0. The maximum absolute atomic E-state index is 2.37. The molecule has 9 rings (SSSR count). The lowest BCUT2D eigenvalue weighted by molar-refractivity contribution is 1.28. The van der Waals surface area contributed by atoms with Crippen LogP contribution in [0.2, 0.25) is 0 Å². The number of thiophene rings is 1. The molecule has 0 atom stereocenters. The molecule has 0 fully saturated rings.